The lowest BCUT2D eigenvalue weighted by atomic mass is 10.00. The Balaban J connectivity index is 1.50. The number of benzene rings is 1. The summed E-state index contributed by atoms with van der Waals surface area (Å²) in [6.45, 7) is 7.68. The zero-order chi connectivity index (χ0) is 20.2. The monoisotopic (exact) mass is 409 g/mol. The van der Waals surface area contributed by atoms with Crippen molar-refractivity contribution in [1.29, 1.82) is 0 Å². The van der Waals surface area contributed by atoms with Gasteiger partial charge < -0.3 is 10.5 Å². The molecule has 0 amide bonds. The van der Waals surface area contributed by atoms with Crippen LogP contribution in [-0.2, 0) is 5.54 Å². The third-order valence-corrected chi connectivity index (χ3v) is 6.23. The van der Waals surface area contributed by atoms with E-state index in [0.717, 1.165) is 41.4 Å². The first-order chi connectivity index (χ1) is 13.9. The molecule has 0 saturated heterocycles. The molecule has 3 N–H and O–H groups in total. The smallest absolute Gasteiger partial charge is 0.241 e. The molecule has 0 fully saturated rings. The van der Waals surface area contributed by atoms with Gasteiger partial charge in [-0.15, -0.1) is 5.10 Å². The molecule has 150 valence electrons. The number of ether oxygens (including phenoxy) is 1. The summed E-state index contributed by atoms with van der Waals surface area (Å²) in [6.07, 6.45) is 4.57. The van der Waals surface area contributed by atoms with E-state index in [9.17, 15) is 0 Å². The van der Waals surface area contributed by atoms with Gasteiger partial charge in [-0.05, 0) is 49.9 Å². The van der Waals surface area contributed by atoms with Crippen LogP contribution in [0.1, 0.15) is 32.8 Å². The van der Waals surface area contributed by atoms with Crippen molar-refractivity contribution in [1.82, 2.24) is 25.0 Å². The number of rotatable bonds is 2. The number of nitrogens with one attached hydrogen (secondary N) is 1. The van der Waals surface area contributed by atoms with Gasteiger partial charge in [-0.25, -0.2) is 4.68 Å². The molecule has 4 heterocycles. The lowest BCUT2D eigenvalue weighted by Crippen LogP contribution is -2.28. The maximum Gasteiger partial charge on any atom is 0.241 e. The fourth-order valence-electron chi connectivity index (χ4n) is 3.66. The Hall–Kier alpha value is -2.94. The number of anilines is 2. The van der Waals surface area contributed by atoms with Crippen LogP contribution in [0.25, 0.3) is 16.7 Å². The van der Waals surface area contributed by atoms with E-state index in [4.69, 9.17) is 10.5 Å². The van der Waals surface area contributed by atoms with Gasteiger partial charge in [0, 0.05) is 28.6 Å². The predicted molar refractivity (Wildman–Crippen MR) is 115 cm³/mol. The first-order valence-electron chi connectivity index (χ1n) is 9.57. The van der Waals surface area contributed by atoms with Gasteiger partial charge in [-0.2, -0.15) is 10.1 Å². The van der Waals surface area contributed by atoms with Crippen LogP contribution in [0.15, 0.2) is 35.5 Å². The van der Waals surface area contributed by atoms with E-state index in [1.54, 1.807) is 11.9 Å². The molecule has 0 saturated carbocycles. The van der Waals surface area contributed by atoms with Gasteiger partial charge in [0.1, 0.15) is 5.75 Å². The molecular formula is C20H23N7OS. The number of aromatic amines is 1. The van der Waals surface area contributed by atoms with Crippen LogP contribution < -0.4 is 14.8 Å². The third-order valence-electron chi connectivity index (χ3n) is 5.05. The minimum Gasteiger partial charge on any atom is -0.493 e. The zero-order valence-corrected chi connectivity index (χ0v) is 17.5. The molecule has 3 aromatic rings. The summed E-state index contributed by atoms with van der Waals surface area (Å²) in [7, 11) is 0. The summed E-state index contributed by atoms with van der Waals surface area (Å²) < 4.78 is 10.2. The summed E-state index contributed by atoms with van der Waals surface area (Å²) in [5.74, 6) is 1.99. The Morgan fingerprint density at radius 2 is 2.10 bits per heavy atom. The third kappa shape index (κ3) is 3.15. The first kappa shape index (κ1) is 18.1. The van der Waals surface area contributed by atoms with E-state index in [-0.39, 0.29) is 5.54 Å². The van der Waals surface area contributed by atoms with Crippen LogP contribution in [0.2, 0.25) is 0 Å². The van der Waals surface area contributed by atoms with Crippen LogP contribution in [-0.4, -0.2) is 38.1 Å². The quantitative estimate of drug-likeness (QED) is 0.623. The summed E-state index contributed by atoms with van der Waals surface area (Å²) in [4.78, 5) is 5.82. The van der Waals surface area contributed by atoms with Gasteiger partial charge in [0.05, 0.1) is 24.9 Å². The highest BCUT2D eigenvalue weighted by Gasteiger charge is 2.33. The fraction of sp³-hybridized carbons (Fsp3) is 0.350. The lowest BCUT2D eigenvalue weighted by molar-refractivity contribution is 0.326. The van der Waals surface area contributed by atoms with Crippen molar-refractivity contribution >= 4 is 29.4 Å². The zero-order valence-electron chi connectivity index (χ0n) is 16.6. The second kappa shape index (κ2) is 6.55. The summed E-state index contributed by atoms with van der Waals surface area (Å²) in [6, 6.07) is 6.36. The highest BCUT2D eigenvalue weighted by atomic mass is 32.2. The lowest BCUT2D eigenvalue weighted by Gasteiger charge is -2.25. The van der Waals surface area contributed by atoms with Gasteiger partial charge in [0.25, 0.3) is 0 Å². The number of nitrogen functional groups attached to an aromatic ring is 1. The second-order valence-corrected chi connectivity index (χ2v) is 9.29. The van der Waals surface area contributed by atoms with E-state index in [1.807, 2.05) is 17.1 Å². The van der Waals surface area contributed by atoms with Crippen LogP contribution in [0.5, 0.6) is 5.75 Å². The highest BCUT2D eigenvalue weighted by Crippen LogP contribution is 2.47. The van der Waals surface area contributed by atoms with Crippen LogP contribution in [0.4, 0.5) is 11.9 Å². The van der Waals surface area contributed by atoms with E-state index < -0.39 is 0 Å². The standard InChI is InChI=1S/C20H23N7OS/c1-20(2,3)27-19(24-18(21)25-27)26-11-15-14-5-4-12(13-9-22-23-10-13)8-16(14)28-7-6-17(15)29-26/h4-5,8-10H,6-7,11H2,1-3H3,(H2,21,25)(H,22,23). The van der Waals surface area contributed by atoms with E-state index in [1.165, 1.54) is 10.5 Å². The van der Waals surface area contributed by atoms with Crippen molar-refractivity contribution in [2.75, 3.05) is 23.2 Å². The number of H-pyrrole nitrogens is 1. The molecule has 2 aliphatic heterocycles. The molecule has 0 unspecified atom stereocenters. The van der Waals surface area contributed by atoms with E-state index in [0.29, 0.717) is 12.6 Å². The average Bonchev–Trinajstić information content (AvgIpc) is 3.39. The fourth-order valence-corrected chi connectivity index (χ4v) is 4.78. The maximum atomic E-state index is 6.09. The summed E-state index contributed by atoms with van der Waals surface area (Å²) in [5.41, 5.74) is 10.3. The summed E-state index contributed by atoms with van der Waals surface area (Å²) >= 11 is 1.71. The van der Waals surface area contributed by atoms with Crippen molar-refractivity contribution in [2.24, 2.45) is 0 Å². The van der Waals surface area contributed by atoms with Gasteiger partial charge in [-0.3, -0.25) is 9.40 Å². The molecule has 5 rings (SSSR count). The minimum atomic E-state index is -0.207. The number of hydrogen-bond acceptors (Lipinski definition) is 7. The first-order valence-corrected chi connectivity index (χ1v) is 10.3. The second-order valence-electron chi connectivity index (χ2n) is 8.18. The van der Waals surface area contributed by atoms with Crippen LogP contribution in [0, 0.1) is 0 Å². The Morgan fingerprint density at radius 1 is 1.24 bits per heavy atom. The number of nitrogens with zero attached hydrogens (tertiary/aromatic N) is 5. The van der Waals surface area contributed by atoms with Gasteiger partial charge in [-0.1, -0.05) is 12.1 Å². The van der Waals surface area contributed by atoms with Crippen LogP contribution in [0.3, 0.4) is 0 Å². The van der Waals surface area contributed by atoms with Gasteiger partial charge in [0.2, 0.25) is 11.9 Å². The molecule has 0 atom stereocenters. The normalized spacial score (nSPS) is 16.4. The molecule has 9 heteroatoms. The topological polar surface area (TPSA) is 97.9 Å². The number of nitrogens with two attached hydrogens (primary N) is 1. The molecule has 2 aliphatic rings. The molecule has 0 aliphatic carbocycles. The Bertz CT molecular complexity index is 1090. The largest absolute Gasteiger partial charge is 0.493 e. The molecule has 29 heavy (non-hydrogen) atoms. The SMILES string of the molecule is CC(C)(C)n1nc(N)nc1N1CC2=C(CCOc3cc(-c4cn[nH]c4)ccc32)S1. The molecule has 0 bridgehead atoms. The van der Waals surface area contributed by atoms with Crippen molar-refractivity contribution in [3.63, 3.8) is 0 Å². The number of fused-ring (bicyclic) bond motifs is 2. The van der Waals surface area contributed by atoms with E-state index in [2.05, 4.69) is 63.6 Å². The number of hydrogen-bond donors (Lipinski definition) is 2. The molecule has 1 aromatic carbocycles. The van der Waals surface area contributed by atoms with Crippen molar-refractivity contribution in [2.45, 2.75) is 32.7 Å². The predicted octanol–water partition coefficient (Wildman–Crippen LogP) is 3.67. The van der Waals surface area contributed by atoms with Crippen LogP contribution >= 0.6 is 11.9 Å². The average molecular weight is 410 g/mol. The van der Waals surface area contributed by atoms with Crippen molar-refractivity contribution in [3.05, 3.63) is 41.1 Å². The molecule has 8 nitrogen and oxygen atoms in total. The van der Waals surface area contributed by atoms with Crippen molar-refractivity contribution < 1.29 is 4.74 Å². The highest BCUT2D eigenvalue weighted by molar-refractivity contribution is 8.04. The number of aromatic nitrogens is 5. The Kier molecular flexibility index (Phi) is 4.09. The van der Waals surface area contributed by atoms with E-state index >= 15 is 0 Å². The molecule has 0 spiro atoms. The molecule has 0 radical (unpaired) electrons. The van der Waals surface area contributed by atoms with Gasteiger partial charge in [0.15, 0.2) is 0 Å². The Labute approximate surface area is 173 Å². The molecular weight excluding hydrogens is 386 g/mol. The maximum absolute atomic E-state index is 6.09. The summed E-state index contributed by atoms with van der Waals surface area (Å²) in [5, 5.41) is 11.3. The Morgan fingerprint density at radius 3 is 2.86 bits per heavy atom. The van der Waals surface area contributed by atoms with Gasteiger partial charge >= 0.3 is 0 Å². The minimum absolute atomic E-state index is 0.207. The molecule has 2 aromatic heterocycles. The van der Waals surface area contributed by atoms with Crippen molar-refractivity contribution in [3.8, 4) is 16.9 Å².